The molecule has 3 aromatic rings. The largest absolute Gasteiger partial charge is 0.388 e. The number of nitrogens with zero attached hydrogens (tertiary/aromatic N) is 3. The number of hydrogen-bond acceptors (Lipinski definition) is 4. The normalized spacial score (nSPS) is 12.9. The van der Waals surface area contributed by atoms with Gasteiger partial charge in [0.15, 0.2) is 0 Å². The molecule has 0 bridgehead atoms. The Kier molecular flexibility index (Phi) is 3.08. The second-order valence-corrected chi connectivity index (χ2v) is 4.97. The van der Waals surface area contributed by atoms with Crippen LogP contribution in [0.2, 0.25) is 0 Å². The van der Waals surface area contributed by atoms with Crippen molar-refractivity contribution in [3.8, 4) is 0 Å². The number of thiophene rings is 1. The fourth-order valence-corrected chi connectivity index (χ4v) is 2.71. The Bertz CT molecular complexity index is 633. The highest BCUT2D eigenvalue weighted by molar-refractivity contribution is 7.07. The first-order valence-corrected chi connectivity index (χ1v) is 6.75. The molecule has 0 fully saturated rings. The second-order valence-electron chi connectivity index (χ2n) is 4.19. The summed E-state index contributed by atoms with van der Waals surface area (Å²) in [5, 5.41) is 18.6. The Hall–Kier alpha value is -1.72. The fraction of sp³-hybridized carbons (Fsp3) is 0.231. The quantitative estimate of drug-likeness (QED) is 0.783. The van der Waals surface area contributed by atoms with Gasteiger partial charge in [-0.2, -0.15) is 16.4 Å². The van der Waals surface area contributed by atoms with Crippen LogP contribution in [-0.2, 0) is 6.42 Å². The number of aryl methyl sites for hydroxylation is 1. The fourth-order valence-electron chi connectivity index (χ4n) is 2.00. The van der Waals surface area contributed by atoms with Gasteiger partial charge in [-0.05, 0) is 35.2 Å². The van der Waals surface area contributed by atoms with E-state index in [1.807, 2.05) is 0 Å². The lowest BCUT2D eigenvalue weighted by molar-refractivity contribution is 0.169. The van der Waals surface area contributed by atoms with Gasteiger partial charge < -0.3 is 5.11 Å². The van der Waals surface area contributed by atoms with Gasteiger partial charge in [0.1, 0.15) is 0 Å². The molecular formula is C13H13N3OS. The van der Waals surface area contributed by atoms with E-state index in [9.17, 15) is 5.11 Å². The van der Waals surface area contributed by atoms with Crippen molar-refractivity contribution in [2.45, 2.75) is 18.9 Å². The lowest BCUT2D eigenvalue weighted by Crippen LogP contribution is -1.99. The number of hydrogen-bond donors (Lipinski definition) is 1. The van der Waals surface area contributed by atoms with E-state index >= 15 is 0 Å². The zero-order valence-electron chi connectivity index (χ0n) is 9.73. The third-order valence-corrected chi connectivity index (χ3v) is 3.73. The van der Waals surface area contributed by atoms with Gasteiger partial charge >= 0.3 is 0 Å². The van der Waals surface area contributed by atoms with Gasteiger partial charge in [-0.25, -0.2) is 4.52 Å². The molecule has 1 unspecified atom stereocenters. The Morgan fingerprint density at radius 3 is 3.17 bits per heavy atom. The van der Waals surface area contributed by atoms with Crippen molar-refractivity contribution in [1.29, 1.82) is 0 Å². The Balaban J connectivity index is 1.77. The zero-order valence-corrected chi connectivity index (χ0v) is 10.5. The summed E-state index contributed by atoms with van der Waals surface area (Å²) >= 11 is 1.68. The number of fused-ring (bicyclic) bond motifs is 1. The summed E-state index contributed by atoms with van der Waals surface area (Å²) in [6.07, 6.45) is 8.00. The van der Waals surface area contributed by atoms with Crippen LogP contribution in [0.15, 0.2) is 41.6 Å². The monoisotopic (exact) mass is 259 g/mol. The summed E-state index contributed by atoms with van der Waals surface area (Å²) in [5.74, 6) is 0. The van der Waals surface area contributed by atoms with Crippen molar-refractivity contribution in [2.24, 2.45) is 0 Å². The van der Waals surface area contributed by atoms with Crippen LogP contribution in [0.25, 0.3) is 5.52 Å². The van der Waals surface area contributed by atoms with Gasteiger partial charge in [-0.15, -0.1) is 0 Å². The van der Waals surface area contributed by atoms with Gasteiger partial charge in [0.05, 0.1) is 24.0 Å². The molecule has 3 heterocycles. The van der Waals surface area contributed by atoms with Gasteiger partial charge in [-0.3, -0.25) is 4.98 Å². The number of rotatable bonds is 4. The van der Waals surface area contributed by atoms with E-state index in [0.29, 0.717) is 6.42 Å². The molecule has 0 aliphatic heterocycles. The molecule has 0 aliphatic carbocycles. The minimum absolute atomic E-state index is 0.494. The molecule has 0 saturated carbocycles. The van der Waals surface area contributed by atoms with Gasteiger partial charge in [0.2, 0.25) is 0 Å². The van der Waals surface area contributed by atoms with Crippen molar-refractivity contribution in [2.75, 3.05) is 0 Å². The maximum Gasteiger partial charge on any atom is 0.0902 e. The van der Waals surface area contributed by atoms with Crippen molar-refractivity contribution >= 4 is 16.9 Å². The van der Waals surface area contributed by atoms with Crippen molar-refractivity contribution in [3.05, 3.63) is 52.7 Å². The number of aromatic nitrogens is 3. The van der Waals surface area contributed by atoms with E-state index in [0.717, 1.165) is 17.5 Å². The Morgan fingerprint density at radius 2 is 2.33 bits per heavy atom. The Labute approximate surface area is 109 Å². The summed E-state index contributed by atoms with van der Waals surface area (Å²) in [4.78, 5) is 4.07. The summed E-state index contributed by atoms with van der Waals surface area (Å²) in [6, 6.07) is 2.09. The topological polar surface area (TPSA) is 50.4 Å². The highest BCUT2D eigenvalue weighted by atomic mass is 32.1. The molecule has 0 radical (unpaired) electrons. The third-order valence-electron chi connectivity index (χ3n) is 3.00. The lowest BCUT2D eigenvalue weighted by Gasteiger charge is -2.08. The molecule has 3 aromatic heterocycles. The van der Waals surface area contributed by atoms with Crippen LogP contribution in [0.4, 0.5) is 0 Å². The summed E-state index contributed by atoms with van der Waals surface area (Å²) < 4.78 is 1.73. The first-order valence-electron chi connectivity index (χ1n) is 5.81. The van der Waals surface area contributed by atoms with Crippen LogP contribution in [0, 0.1) is 0 Å². The van der Waals surface area contributed by atoms with E-state index in [4.69, 9.17) is 0 Å². The van der Waals surface area contributed by atoms with Gasteiger partial charge in [0.25, 0.3) is 0 Å². The molecule has 0 aromatic carbocycles. The summed E-state index contributed by atoms with van der Waals surface area (Å²) in [5.41, 5.74) is 2.99. The van der Waals surface area contributed by atoms with Crippen molar-refractivity contribution in [3.63, 3.8) is 0 Å². The van der Waals surface area contributed by atoms with Crippen LogP contribution in [0.5, 0.6) is 0 Å². The van der Waals surface area contributed by atoms with Crippen molar-refractivity contribution < 1.29 is 5.11 Å². The van der Waals surface area contributed by atoms with E-state index < -0.39 is 6.10 Å². The first kappa shape index (κ1) is 11.4. The highest BCUT2D eigenvalue weighted by Crippen LogP contribution is 2.23. The average Bonchev–Trinajstić information content (AvgIpc) is 3.05. The Morgan fingerprint density at radius 1 is 1.39 bits per heavy atom. The van der Waals surface area contributed by atoms with E-state index in [-0.39, 0.29) is 0 Å². The maximum absolute atomic E-state index is 10.2. The predicted molar refractivity (Wildman–Crippen MR) is 70.6 cm³/mol. The second kappa shape index (κ2) is 4.88. The molecule has 0 saturated heterocycles. The smallest absolute Gasteiger partial charge is 0.0902 e. The molecule has 0 spiro atoms. The minimum Gasteiger partial charge on any atom is -0.388 e. The maximum atomic E-state index is 10.2. The minimum atomic E-state index is -0.494. The van der Waals surface area contributed by atoms with Gasteiger partial charge in [0, 0.05) is 18.0 Å². The number of aliphatic hydroxyl groups excluding tert-OH is 1. The third kappa shape index (κ3) is 2.14. The average molecular weight is 259 g/mol. The molecule has 1 N–H and O–H groups in total. The van der Waals surface area contributed by atoms with Crippen LogP contribution in [0.1, 0.15) is 23.7 Å². The molecule has 3 rings (SSSR count). The molecular weight excluding hydrogens is 246 g/mol. The molecule has 4 nitrogen and oxygen atoms in total. The van der Waals surface area contributed by atoms with Gasteiger partial charge in [-0.1, -0.05) is 0 Å². The van der Waals surface area contributed by atoms with Crippen LogP contribution in [-0.4, -0.2) is 19.7 Å². The molecule has 18 heavy (non-hydrogen) atoms. The highest BCUT2D eigenvalue weighted by Gasteiger charge is 2.13. The standard InChI is InChI=1S/C13H13N3OS/c17-13(2-1-10-3-6-18-9-10)11-7-15-16-5-4-14-8-12(11)16/h3-9,13,17H,1-2H2. The number of aliphatic hydroxyl groups is 1. The SMILES string of the molecule is OC(CCc1ccsc1)c1cnn2ccncc12. The predicted octanol–water partition coefficient (Wildman–Crippen LogP) is 2.46. The van der Waals surface area contributed by atoms with Crippen LogP contribution < -0.4 is 0 Å². The molecule has 5 heteroatoms. The van der Waals surface area contributed by atoms with Crippen LogP contribution in [0.3, 0.4) is 0 Å². The lowest BCUT2D eigenvalue weighted by atomic mass is 10.0. The first-order chi connectivity index (χ1) is 8.84. The molecule has 0 aliphatic rings. The van der Waals surface area contributed by atoms with E-state index in [2.05, 4.69) is 26.9 Å². The van der Waals surface area contributed by atoms with Crippen molar-refractivity contribution in [1.82, 2.24) is 14.6 Å². The molecule has 92 valence electrons. The molecule has 0 amide bonds. The van der Waals surface area contributed by atoms with E-state index in [1.54, 1.807) is 40.6 Å². The molecule has 1 atom stereocenters. The summed E-state index contributed by atoms with van der Waals surface area (Å²) in [6.45, 7) is 0. The van der Waals surface area contributed by atoms with Crippen LogP contribution >= 0.6 is 11.3 Å². The zero-order chi connectivity index (χ0) is 12.4. The van der Waals surface area contributed by atoms with E-state index in [1.165, 1.54) is 5.56 Å². The summed E-state index contributed by atoms with van der Waals surface area (Å²) in [7, 11) is 0.